The fourth-order valence-corrected chi connectivity index (χ4v) is 4.88. The number of halogens is 5. The summed E-state index contributed by atoms with van der Waals surface area (Å²) in [5, 5.41) is 7.61. The van der Waals surface area contributed by atoms with Crippen molar-refractivity contribution in [2.45, 2.75) is 25.3 Å². The van der Waals surface area contributed by atoms with Gasteiger partial charge in [0.05, 0.1) is 29.4 Å². The molecule has 0 aliphatic carbocycles. The summed E-state index contributed by atoms with van der Waals surface area (Å²) < 4.78 is 63.5. The smallest absolute Gasteiger partial charge is 0.382 e. The number of ether oxygens (including phenoxy) is 1. The molecule has 1 aromatic carbocycles. The maximum absolute atomic E-state index is 13.9. The standard InChI is InChI=1S/C26H23ClF4N6O2/c1-35-24(5-6-33-35)34-23-9-19(21(27)10-32-23)15-8-22-25(38)37(18(14-39-2)13-36(22)11-15)12-16-7-17(28)3-4-20(16)26(29,30)31/h3-11,18H,12-14H2,1-2H3,(H,32,34)/t18-/m1/s1. The first kappa shape index (κ1) is 26.7. The SMILES string of the molecule is COC[C@H]1Cn2cc(-c3cc(Nc4ccnn4C)ncc3Cl)cc2C(=O)N1Cc1cc(F)ccc1C(F)(F)F. The number of aryl methyl sites for hydroxylation is 1. The van der Waals surface area contributed by atoms with Crippen LogP contribution in [0.4, 0.5) is 29.2 Å². The quantitative estimate of drug-likeness (QED) is 0.301. The van der Waals surface area contributed by atoms with Crippen molar-refractivity contribution in [1.82, 2.24) is 24.2 Å². The summed E-state index contributed by atoms with van der Waals surface area (Å²) in [5.74, 6) is -0.126. The normalized spacial score (nSPS) is 15.5. The fourth-order valence-electron chi connectivity index (χ4n) is 4.67. The largest absolute Gasteiger partial charge is 0.416 e. The zero-order valence-corrected chi connectivity index (χ0v) is 21.6. The van der Waals surface area contributed by atoms with E-state index in [0.717, 1.165) is 12.1 Å². The molecule has 3 aromatic heterocycles. The average Bonchev–Trinajstić information content (AvgIpc) is 3.48. The van der Waals surface area contributed by atoms with Crippen LogP contribution in [0.2, 0.25) is 5.02 Å². The van der Waals surface area contributed by atoms with Crippen LogP contribution in [0.25, 0.3) is 11.1 Å². The van der Waals surface area contributed by atoms with Crippen LogP contribution in [0.15, 0.2) is 55.0 Å². The number of hydrogen-bond donors (Lipinski definition) is 1. The Balaban J connectivity index is 1.49. The van der Waals surface area contributed by atoms with Gasteiger partial charge in [0.15, 0.2) is 0 Å². The summed E-state index contributed by atoms with van der Waals surface area (Å²) in [7, 11) is 3.21. The van der Waals surface area contributed by atoms with Crippen molar-refractivity contribution in [3.63, 3.8) is 0 Å². The summed E-state index contributed by atoms with van der Waals surface area (Å²) in [6.07, 6.45) is 0.171. The minimum atomic E-state index is -4.70. The average molecular weight is 563 g/mol. The third-order valence-corrected chi connectivity index (χ3v) is 6.84. The number of carbonyl (C=O) groups excluding carboxylic acids is 1. The molecule has 1 atom stereocenters. The second-order valence-corrected chi connectivity index (χ2v) is 9.53. The molecule has 204 valence electrons. The van der Waals surface area contributed by atoms with E-state index in [0.29, 0.717) is 33.9 Å². The van der Waals surface area contributed by atoms with Gasteiger partial charge in [-0.2, -0.15) is 18.3 Å². The molecule has 1 aliphatic heterocycles. The number of amides is 1. The number of carbonyl (C=O) groups is 1. The molecule has 0 saturated heterocycles. The molecule has 0 saturated carbocycles. The molecular formula is C26H23ClF4N6O2. The van der Waals surface area contributed by atoms with Crippen molar-refractivity contribution >= 4 is 29.1 Å². The minimum Gasteiger partial charge on any atom is -0.382 e. The predicted octanol–water partition coefficient (Wildman–Crippen LogP) is 5.51. The summed E-state index contributed by atoms with van der Waals surface area (Å²) in [6.45, 7) is -0.104. The number of nitrogens with one attached hydrogen (secondary N) is 1. The van der Waals surface area contributed by atoms with Gasteiger partial charge < -0.3 is 19.5 Å². The van der Waals surface area contributed by atoms with Gasteiger partial charge in [0.25, 0.3) is 5.91 Å². The van der Waals surface area contributed by atoms with E-state index in [9.17, 15) is 22.4 Å². The lowest BCUT2D eigenvalue weighted by molar-refractivity contribution is -0.138. The Morgan fingerprint density at radius 2 is 2.00 bits per heavy atom. The maximum Gasteiger partial charge on any atom is 0.416 e. The van der Waals surface area contributed by atoms with Gasteiger partial charge in [-0.05, 0) is 35.9 Å². The van der Waals surface area contributed by atoms with E-state index >= 15 is 0 Å². The molecule has 0 spiro atoms. The zero-order valence-electron chi connectivity index (χ0n) is 20.8. The van der Waals surface area contributed by atoms with Crippen LogP contribution in [-0.2, 0) is 31.1 Å². The molecule has 8 nitrogen and oxygen atoms in total. The van der Waals surface area contributed by atoms with Gasteiger partial charge in [-0.1, -0.05) is 11.6 Å². The third kappa shape index (κ3) is 5.34. The predicted molar refractivity (Wildman–Crippen MR) is 136 cm³/mol. The molecule has 0 unspecified atom stereocenters. The van der Waals surface area contributed by atoms with Crippen LogP contribution >= 0.6 is 11.6 Å². The Hall–Kier alpha value is -3.90. The van der Waals surface area contributed by atoms with Crippen LogP contribution in [0.1, 0.15) is 21.6 Å². The first-order valence-electron chi connectivity index (χ1n) is 11.8. The Morgan fingerprint density at radius 3 is 2.69 bits per heavy atom. The molecule has 1 N–H and O–H groups in total. The fraction of sp³-hybridized carbons (Fsp3) is 0.269. The Kier molecular flexibility index (Phi) is 7.08. The number of nitrogens with zero attached hydrogens (tertiary/aromatic N) is 5. The van der Waals surface area contributed by atoms with E-state index in [1.54, 1.807) is 46.9 Å². The van der Waals surface area contributed by atoms with Crippen molar-refractivity contribution in [3.8, 4) is 11.1 Å². The molecule has 1 amide bonds. The van der Waals surface area contributed by atoms with Gasteiger partial charge in [0, 0.05) is 56.8 Å². The molecular weight excluding hydrogens is 540 g/mol. The molecule has 4 aromatic rings. The maximum atomic E-state index is 13.9. The molecule has 0 radical (unpaired) electrons. The second-order valence-electron chi connectivity index (χ2n) is 9.12. The van der Waals surface area contributed by atoms with Crippen molar-refractivity contribution in [2.75, 3.05) is 19.0 Å². The minimum absolute atomic E-state index is 0.0736. The lowest BCUT2D eigenvalue weighted by Gasteiger charge is -2.36. The van der Waals surface area contributed by atoms with E-state index in [-0.39, 0.29) is 24.4 Å². The lowest BCUT2D eigenvalue weighted by Crippen LogP contribution is -2.49. The first-order chi connectivity index (χ1) is 18.5. The topological polar surface area (TPSA) is 77.2 Å². The van der Waals surface area contributed by atoms with Crippen LogP contribution in [0.3, 0.4) is 0 Å². The molecule has 4 heterocycles. The number of rotatable bonds is 7. The van der Waals surface area contributed by atoms with Crippen LogP contribution in [0, 0.1) is 5.82 Å². The first-order valence-corrected chi connectivity index (χ1v) is 12.2. The van der Waals surface area contributed by atoms with Gasteiger partial charge in [0.2, 0.25) is 0 Å². The monoisotopic (exact) mass is 562 g/mol. The molecule has 0 fully saturated rings. The second kappa shape index (κ2) is 10.3. The Labute approximate surface area is 225 Å². The summed E-state index contributed by atoms with van der Waals surface area (Å²) in [6, 6.07) is 6.80. The van der Waals surface area contributed by atoms with Crippen LogP contribution in [0.5, 0.6) is 0 Å². The van der Waals surface area contributed by atoms with E-state index in [1.165, 1.54) is 18.2 Å². The number of anilines is 2. The molecule has 39 heavy (non-hydrogen) atoms. The number of alkyl halides is 3. The molecule has 13 heteroatoms. The third-order valence-electron chi connectivity index (χ3n) is 6.54. The lowest BCUT2D eigenvalue weighted by atomic mass is 10.0. The van der Waals surface area contributed by atoms with E-state index in [4.69, 9.17) is 16.3 Å². The Bertz CT molecular complexity index is 1530. The van der Waals surface area contributed by atoms with Crippen molar-refractivity contribution in [2.24, 2.45) is 7.05 Å². The Morgan fingerprint density at radius 1 is 1.21 bits per heavy atom. The summed E-state index contributed by atoms with van der Waals surface area (Å²) in [4.78, 5) is 19.2. The van der Waals surface area contributed by atoms with Gasteiger partial charge in [-0.25, -0.2) is 9.37 Å². The number of methoxy groups -OCH3 is 1. The highest BCUT2D eigenvalue weighted by atomic mass is 35.5. The van der Waals surface area contributed by atoms with Gasteiger partial charge in [-0.15, -0.1) is 0 Å². The van der Waals surface area contributed by atoms with Crippen molar-refractivity contribution in [3.05, 3.63) is 82.6 Å². The number of hydrogen-bond acceptors (Lipinski definition) is 5. The molecule has 0 bridgehead atoms. The van der Waals surface area contributed by atoms with Gasteiger partial charge in [0.1, 0.15) is 23.1 Å². The number of aromatic nitrogens is 4. The highest BCUT2D eigenvalue weighted by molar-refractivity contribution is 6.33. The van der Waals surface area contributed by atoms with Gasteiger partial charge in [-0.3, -0.25) is 9.48 Å². The summed E-state index contributed by atoms with van der Waals surface area (Å²) >= 11 is 6.46. The van der Waals surface area contributed by atoms with Crippen LogP contribution in [-0.4, -0.2) is 49.9 Å². The van der Waals surface area contributed by atoms with E-state index in [1.807, 2.05) is 0 Å². The summed E-state index contributed by atoms with van der Waals surface area (Å²) in [5.41, 5.74) is 0.159. The van der Waals surface area contributed by atoms with Crippen LogP contribution < -0.4 is 5.32 Å². The number of benzene rings is 1. The zero-order chi connectivity index (χ0) is 27.9. The molecule has 5 rings (SSSR count). The van der Waals surface area contributed by atoms with E-state index < -0.39 is 36.1 Å². The highest BCUT2D eigenvalue weighted by Gasteiger charge is 2.37. The number of pyridine rings is 1. The number of fused-ring (bicyclic) bond motifs is 1. The van der Waals surface area contributed by atoms with E-state index in [2.05, 4.69) is 15.4 Å². The molecule has 1 aliphatic rings. The van der Waals surface area contributed by atoms with Crippen molar-refractivity contribution < 1.29 is 27.1 Å². The highest BCUT2D eigenvalue weighted by Crippen LogP contribution is 2.36. The van der Waals surface area contributed by atoms with Gasteiger partial charge >= 0.3 is 6.18 Å². The van der Waals surface area contributed by atoms with Crippen molar-refractivity contribution in [1.29, 1.82) is 0 Å².